The Balaban J connectivity index is 1.44. The molecule has 0 spiro atoms. The first kappa shape index (κ1) is 24.5. The molecule has 2 heterocycles. The molecule has 182 valence electrons. The van der Waals surface area contributed by atoms with E-state index in [1.165, 1.54) is 36.6 Å². The highest BCUT2D eigenvalue weighted by Gasteiger charge is 2.45. The second-order valence-corrected chi connectivity index (χ2v) is 11.3. The molecular weight excluding hydrogens is 486 g/mol. The van der Waals surface area contributed by atoms with Gasteiger partial charge >= 0.3 is 0 Å². The normalized spacial score (nSPS) is 18.0. The monoisotopic (exact) mass is 510 g/mol. The number of amides is 1. The van der Waals surface area contributed by atoms with Gasteiger partial charge in [0.2, 0.25) is 21.9 Å². The van der Waals surface area contributed by atoms with Crippen LogP contribution < -0.4 is 15.2 Å². The number of carbonyl (C=O) groups is 1. The van der Waals surface area contributed by atoms with E-state index in [9.17, 15) is 27.3 Å². The summed E-state index contributed by atoms with van der Waals surface area (Å²) in [6.07, 6.45) is 0.460. The highest BCUT2D eigenvalue weighted by molar-refractivity contribution is 7.89. The van der Waals surface area contributed by atoms with E-state index < -0.39 is 15.9 Å². The maximum atomic E-state index is 13.2. The molecule has 1 amide bonds. The molecule has 1 aliphatic carbocycles. The lowest BCUT2D eigenvalue weighted by Gasteiger charge is -2.39. The fraction of sp³-hybridized carbons (Fsp3) is 0.455. The Morgan fingerprint density at radius 3 is 2.76 bits per heavy atom. The Bertz CT molecular complexity index is 1260. The van der Waals surface area contributed by atoms with E-state index in [0.717, 1.165) is 17.0 Å². The number of nitrogens with zero attached hydrogens (tertiary/aromatic N) is 2. The largest absolute Gasteiger partial charge is 0.495 e. The van der Waals surface area contributed by atoms with Crippen LogP contribution in [-0.2, 0) is 34.2 Å². The van der Waals surface area contributed by atoms with Crippen molar-refractivity contribution in [1.29, 1.82) is 5.26 Å². The zero-order valence-corrected chi connectivity index (χ0v) is 20.1. The summed E-state index contributed by atoms with van der Waals surface area (Å²) in [6.45, 7) is 1.80. The average Bonchev–Trinajstić information content (AvgIpc) is 3.07. The number of primary sulfonamides is 1. The first-order chi connectivity index (χ1) is 16.0. The average molecular weight is 511 g/mol. The molecule has 8 nitrogen and oxygen atoms in total. The summed E-state index contributed by atoms with van der Waals surface area (Å²) < 4.78 is 54.7. The Morgan fingerprint density at radius 2 is 2.15 bits per heavy atom. The number of nitrogens with one attached hydrogen (secondary N) is 1. The lowest BCUT2D eigenvalue weighted by Crippen LogP contribution is -2.43. The predicted octanol–water partition coefficient (Wildman–Crippen LogP) is 2.86. The topological polar surface area (TPSA) is 126 Å². The van der Waals surface area contributed by atoms with Crippen LogP contribution in [0.5, 0.6) is 5.75 Å². The van der Waals surface area contributed by atoms with E-state index in [0.29, 0.717) is 35.6 Å². The molecule has 2 aromatic rings. The third kappa shape index (κ3) is 5.22. The van der Waals surface area contributed by atoms with Crippen molar-refractivity contribution in [1.82, 2.24) is 4.90 Å². The van der Waals surface area contributed by atoms with Gasteiger partial charge in [-0.3, -0.25) is 9.69 Å². The number of benzene rings is 1. The standard InChI is InChI=1S/C22H24F2N4O4S2/c1-32-17-6-13(2-3-19(17)34(26,30)31)7-20(29)27-21-15(10-25)16-12-28(5-4-18(16)33-21)11-14-8-22(23,24)9-14/h2-3,6,14H,4-5,7-9,11-12H2,1H3,(H,27,29)(H2,26,30,31). The van der Waals surface area contributed by atoms with E-state index in [4.69, 9.17) is 9.88 Å². The number of hydrogen-bond donors (Lipinski definition) is 2. The van der Waals surface area contributed by atoms with Gasteiger partial charge in [0.1, 0.15) is 21.7 Å². The molecule has 0 saturated heterocycles. The van der Waals surface area contributed by atoms with Crippen molar-refractivity contribution in [3.8, 4) is 11.8 Å². The maximum absolute atomic E-state index is 13.2. The second-order valence-electron chi connectivity index (χ2n) is 8.69. The fourth-order valence-corrected chi connectivity index (χ4v) is 6.34. The molecule has 0 unspecified atom stereocenters. The summed E-state index contributed by atoms with van der Waals surface area (Å²) in [4.78, 5) is 15.6. The third-order valence-corrected chi connectivity index (χ3v) is 8.24. The molecular formula is C22H24F2N4O4S2. The van der Waals surface area contributed by atoms with E-state index in [2.05, 4.69) is 16.3 Å². The minimum Gasteiger partial charge on any atom is -0.495 e. The van der Waals surface area contributed by atoms with Crippen LogP contribution in [-0.4, -0.2) is 45.3 Å². The number of thiophene rings is 1. The molecule has 1 fully saturated rings. The summed E-state index contributed by atoms with van der Waals surface area (Å²) >= 11 is 1.36. The molecule has 0 atom stereocenters. The number of carbonyl (C=O) groups excluding carboxylic acids is 1. The maximum Gasteiger partial charge on any atom is 0.248 e. The number of alkyl halides is 2. The first-order valence-electron chi connectivity index (χ1n) is 10.6. The van der Waals surface area contributed by atoms with E-state index in [1.54, 1.807) is 0 Å². The van der Waals surface area contributed by atoms with Gasteiger partial charge in [-0.1, -0.05) is 6.07 Å². The minimum atomic E-state index is -3.97. The van der Waals surface area contributed by atoms with Gasteiger partial charge in [0.25, 0.3) is 0 Å². The van der Waals surface area contributed by atoms with Crippen molar-refractivity contribution < 1.29 is 26.7 Å². The third-order valence-electron chi connectivity index (χ3n) is 6.08. The lowest BCUT2D eigenvalue weighted by atomic mass is 9.81. The van der Waals surface area contributed by atoms with E-state index >= 15 is 0 Å². The summed E-state index contributed by atoms with van der Waals surface area (Å²) in [7, 11) is -2.66. The minimum absolute atomic E-state index is 0.0301. The molecule has 34 heavy (non-hydrogen) atoms. The van der Waals surface area contributed by atoms with Crippen LogP contribution in [0.3, 0.4) is 0 Å². The smallest absolute Gasteiger partial charge is 0.248 e. The second kappa shape index (κ2) is 9.22. The Hall–Kier alpha value is -2.59. The molecule has 4 rings (SSSR count). The van der Waals surface area contributed by atoms with Gasteiger partial charge in [0.15, 0.2) is 0 Å². The van der Waals surface area contributed by atoms with Crippen LogP contribution in [0.4, 0.5) is 13.8 Å². The number of nitriles is 1. The van der Waals surface area contributed by atoms with Crippen molar-refractivity contribution in [3.05, 3.63) is 39.8 Å². The Kier molecular flexibility index (Phi) is 6.65. The molecule has 3 N–H and O–H groups in total. The van der Waals surface area contributed by atoms with Gasteiger partial charge in [-0.05, 0) is 30.0 Å². The number of anilines is 1. The predicted molar refractivity (Wildman–Crippen MR) is 122 cm³/mol. The molecule has 2 aliphatic rings. The van der Waals surface area contributed by atoms with Gasteiger partial charge < -0.3 is 10.1 Å². The van der Waals surface area contributed by atoms with Crippen molar-refractivity contribution in [2.75, 3.05) is 25.5 Å². The van der Waals surface area contributed by atoms with Crippen molar-refractivity contribution in [2.45, 2.75) is 43.0 Å². The molecule has 1 aromatic heterocycles. The summed E-state index contributed by atoms with van der Waals surface area (Å²) in [5.74, 6) is -2.90. The highest BCUT2D eigenvalue weighted by atomic mass is 32.2. The van der Waals surface area contributed by atoms with Gasteiger partial charge in [-0.2, -0.15) is 5.26 Å². The number of nitrogens with two attached hydrogens (primary N) is 1. The zero-order valence-electron chi connectivity index (χ0n) is 18.4. The number of methoxy groups -OCH3 is 1. The molecule has 1 saturated carbocycles. The molecule has 12 heteroatoms. The highest BCUT2D eigenvalue weighted by Crippen LogP contribution is 2.44. The SMILES string of the molecule is COc1cc(CC(=O)Nc2sc3c(c2C#N)CN(CC2CC(F)(F)C2)CC3)ccc1S(N)(=O)=O. The molecule has 1 aromatic carbocycles. The number of fused-ring (bicyclic) bond motifs is 1. The quantitative estimate of drug-likeness (QED) is 0.590. The van der Waals surface area contributed by atoms with Crippen molar-refractivity contribution >= 4 is 32.3 Å². The van der Waals surface area contributed by atoms with Crippen LogP contribution in [0, 0.1) is 17.2 Å². The zero-order chi connectivity index (χ0) is 24.7. The lowest BCUT2D eigenvalue weighted by molar-refractivity contribution is -0.117. The van der Waals surface area contributed by atoms with Crippen LogP contribution in [0.25, 0.3) is 0 Å². The fourth-order valence-electron chi connectivity index (χ4n) is 4.50. The number of rotatable bonds is 7. The van der Waals surface area contributed by atoms with Crippen molar-refractivity contribution in [2.24, 2.45) is 11.1 Å². The first-order valence-corrected chi connectivity index (χ1v) is 13.0. The summed E-state index contributed by atoms with van der Waals surface area (Å²) in [6, 6.07) is 6.38. The molecule has 0 bridgehead atoms. The van der Waals surface area contributed by atoms with Gasteiger partial charge in [0, 0.05) is 42.9 Å². The van der Waals surface area contributed by atoms with Crippen LogP contribution in [0.2, 0.25) is 0 Å². The van der Waals surface area contributed by atoms with Gasteiger partial charge in [-0.25, -0.2) is 22.3 Å². The Labute approximate surface area is 200 Å². The summed E-state index contributed by atoms with van der Waals surface area (Å²) in [5, 5.41) is 18.2. The molecule has 0 radical (unpaired) electrons. The molecule has 1 aliphatic heterocycles. The number of ether oxygens (including phenoxy) is 1. The summed E-state index contributed by atoms with van der Waals surface area (Å²) in [5.41, 5.74) is 1.77. The van der Waals surface area contributed by atoms with E-state index in [-0.39, 0.29) is 41.7 Å². The van der Waals surface area contributed by atoms with Crippen LogP contribution >= 0.6 is 11.3 Å². The van der Waals surface area contributed by atoms with Gasteiger partial charge in [-0.15, -0.1) is 11.3 Å². The van der Waals surface area contributed by atoms with Gasteiger partial charge in [0.05, 0.1) is 19.1 Å². The number of halogens is 2. The Morgan fingerprint density at radius 1 is 1.41 bits per heavy atom. The van der Waals surface area contributed by atoms with Crippen LogP contribution in [0.1, 0.15) is 34.4 Å². The van der Waals surface area contributed by atoms with Crippen molar-refractivity contribution in [3.63, 3.8) is 0 Å². The number of sulfonamides is 1. The van der Waals surface area contributed by atoms with Crippen LogP contribution in [0.15, 0.2) is 23.1 Å². The van der Waals surface area contributed by atoms with E-state index in [1.807, 2.05) is 0 Å². The number of hydrogen-bond acceptors (Lipinski definition) is 7.